The molecule has 0 unspecified atom stereocenters. The topological polar surface area (TPSA) is 80.9 Å². The van der Waals surface area contributed by atoms with Crippen LogP contribution in [0.4, 0.5) is 0 Å². The number of aryl methyl sites for hydroxylation is 2. The predicted molar refractivity (Wildman–Crippen MR) is 107 cm³/mol. The standard InChI is InChI=1S/C20H30N4O3/c1-5-18-17(19(6-2)27-24-18)14-23-20(21-3)22-11-8-12-26-16-10-7-9-15(13-16)25-4/h7,9-10,13H,5-6,8,11-12,14H2,1-4H3,(H2,21,22,23). The van der Waals surface area contributed by atoms with Gasteiger partial charge in [0, 0.05) is 38.2 Å². The van der Waals surface area contributed by atoms with E-state index in [1.54, 1.807) is 14.2 Å². The molecular weight excluding hydrogens is 344 g/mol. The molecule has 0 fully saturated rings. The zero-order chi connectivity index (χ0) is 19.5. The van der Waals surface area contributed by atoms with E-state index in [9.17, 15) is 0 Å². The Bertz CT molecular complexity index is 706. The van der Waals surface area contributed by atoms with E-state index < -0.39 is 0 Å². The molecule has 0 bridgehead atoms. The van der Waals surface area contributed by atoms with Crippen molar-refractivity contribution < 1.29 is 14.0 Å². The van der Waals surface area contributed by atoms with Crippen LogP contribution < -0.4 is 20.1 Å². The Hall–Kier alpha value is -2.70. The van der Waals surface area contributed by atoms with Gasteiger partial charge in [-0.1, -0.05) is 25.1 Å². The monoisotopic (exact) mass is 374 g/mol. The lowest BCUT2D eigenvalue weighted by atomic mass is 10.1. The highest BCUT2D eigenvalue weighted by Crippen LogP contribution is 2.18. The maximum Gasteiger partial charge on any atom is 0.191 e. The van der Waals surface area contributed by atoms with Crippen LogP contribution in [-0.4, -0.2) is 38.4 Å². The van der Waals surface area contributed by atoms with Crippen molar-refractivity contribution in [3.63, 3.8) is 0 Å². The van der Waals surface area contributed by atoms with E-state index in [1.165, 1.54) is 0 Å². The van der Waals surface area contributed by atoms with Crippen molar-refractivity contribution in [2.45, 2.75) is 39.7 Å². The van der Waals surface area contributed by atoms with E-state index in [1.807, 2.05) is 24.3 Å². The number of ether oxygens (including phenoxy) is 2. The predicted octanol–water partition coefficient (Wildman–Crippen LogP) is 2.94. The highest BCUT2D eigenvalue weighted by molar-refractivity contribution is 5.79. The molecule has 0 aliphatic rings. The van der Waals surface area contributed by atoms with Crippen molar-refractivity contribution in [3.8, 4) is 11.5 Å². The number of aliphatic imine (C=N–C) groups is 1. The second kappa shape index (κ2) is 11.1. The fourth-order valence-corrected chi connectivity index (χ4v) is 2.69. The molecule has 1 aromatic carbocycles. The van der Waals surface area contributed by atoms with Gasteiger partial charge in [-0.3, -0.25) is 4.99 Å². The molecule has 7 heteroatoms. The Morgan fingerprint density at radius 2 is 2.00 bits per heavy atom. The Kier molecular flexibility index (Phi) is 8.48. The highest BCUT2D eigenvalue weighted by Gasteiger charge is 2.13. The van der Waals surface area contributed by atoms with Gasteiger partial charge in [0.05, 0.1) is 19.4 Å². The molecule has 0 atom stereocenters. The van der Waals surface area contributed by atoms with Gasteiger partial charge in [-0.2, -0.15) is 0 Å². The van der Waals surface area contributed by atoms with E-state index in [-0.39, 0.29) is 0 Å². The second-order valence-electron chi connectivity index (χ2n) is 5.97. The first-order valence-electron chi connectivity index (χ1n) is 9.39. The van der Waals surface area contributed by atoms with Crippen LogP contribution in [0, 0.1) is 0 Å². The SMILES string of the molecule is CCc1noc(CC)c1CNC(=NC)NCCCOc1cccc(OC)c1. The summed E-state index contributed by atoms with van der Waals surface area (Å²) in [6, 6.07) is 7.61. The zero-order valence-corrected chi connectivity index (χ0v) is 16.7. The summed E-state index contributed by atoms with van der Waals surface area (Å²) in [6.45, 7) is 6.17. The molecule has 0 radical (unpaired) electrons. The van der Waals surface area contributed by atoms with E-state index in [4.69, 9.17) is 14.0 Å². The van der Waals surface area contributed by atoms with Gasteiger partial charge in [0.25, 0.3) is 0 Å². The van der Waals surface area contributed by atoms with Crippen LogP contribution in [0.15, 0.2) is 33.8 Å². The maximum absolute atomic E-state index is 5.74. The summed E-state index contributed by atoms with van der Waals surface area (Å²) in [5, 5.41) is 10.8. The molecule has 27 heavy (non-hydrogen) atoms. The number of nitrogens with zero attached hydrogens (tertiary/aromatic N) is 2. The van der Waals surface area contributed by atoms with Gasteiger partial charge in [0.1, 0.15) is 17.3 Å². The molecule has 2 aromatic rings. The molecule has 2 N–H and O–H groups in total. The van der Waals surface area contributed by atoms with Crippen molar-refractivity contribution in [1.82, 2.24) is 15.8 Å². The quantitative estimate of drug-likeness (QED) is 0.378. The Labute approximate surface area is 161 Å². The van der Waals surface area contributed by atoms with Crippen LogP contribution >= 0.6 is 0 Å². The number of benzene rings is 1. The van der Waals surface area contributed by atoms with Crippen molar-refractivity contribution in [2.24, 2.45) is 4.99 Å². The molecule has 148 valence electrons. The summed E-state index contributed by atoms with van der Waals surface area (Å²) >= 11 is 0. The van der Waals surface area contributed by atoms with Gasteiger partial charge in [-0.15, -0.1) is 0 Å². The first-order valence-corrected chi connectivity index (χ1v) is 9.39. The fourth-order valence-electron chi connectivity index (χ4n) is 2.69. The number of methoxy groups -OCH3 is 1. The van der Waals surface area contributed by atoms with Crippen LogP contribution in [-0.2, 0) is 19.4 Å². The summed E-state index contributed by atoms with van der Waals surface area (Å²) in [5.74, 6) is 3.29. The first kappa shape index (κ1) is 20.6. The molecule has 2 rings (SSSR count). The molecular formula is C20H30N4O3. The van der Waals surface area contributed by atoms with E-state index in [0.717, 1.165) is 60.3 Å². The van der Waals surface area contributed by atoms with Crippen LogP contribution in [0.25, 0.3) is 0 Å². The van der Waals surface area contributed by atoms with Crippen molar-refractivity contribution in [3.05, 3.63) is 41.3 Å². The molecule has 1 heterocycles. The van der Waals surface area contributed by atoms with Crippen LogP contribution in [0.1, 0.15) is 37.3 Å². The van der Waals surface area contributed by atoms with Gasteiger partial charge in [-0.05, 0) is 25.0 Å². The summed E-state index contributed by atoms with van der Waals surface area (Å²) in [4.78, 5) is 4.26. The maximum atomic E-state index is 5.74. The zero-order valence-electron chi connectivity index (χ0n) is 16.7. The number of nitrogens with one attached hydrogen (secondary N) is 2. The van der Waals surface area contributed by atoms with E-state index >= 15 is 0 Å². The summed E-state index contributed by atoms with van der Waals surface area (Å²) < 4.78 is 16.3. The Balaban J connectivity index is 1.72. The average molecular weight is 374 g/mol. The van der Waals surface area contributed by atoms with E-state index in [0.29, 0.717) is 13.2 Å². The number of aromatic nitrogens is 1. The largest absolute Gasteiger partial charge is 0.497 e. The van der Waals surface area contributed by atoms with Gasteiger partial charge in [0.15, 0.2) is 5.96 Å². The lowest BCUT2D eigenvalue weighted by molar-refractivity contribution is 0.308. The van der Waals surface area contributed by atoms with Crippen LogP contribution in [0.3, 0.4) is 0 Å². The molecule has 0 saturated carbocycles. The lowest BCUT2D eigenvalue weighted by Crippen LogP contribution is -2.37. The molecule has 0 aliphatic carbocycles. The average Bonchev–Trinajstić information content (AvgIpc) is 3.12. The highest BCUT2D eigenvalue weighted by atomic mass is 16.5. The minimum absolute atomic E-state index is 0.614. The van der Waals surface area contributed by atoms with Crippen LogP contribution in [0.5, 0.6) is 11.5 Å². The van der Waals surface area contributed by atoms with Gasteiger partial charge in [-0.25, -0.2) is 0 Å². The molecule has 0 aliphatic heterocycles. The third-order valence-corrected chi connectivity index (χ3v) is 4.19. The van der Waals surface area contributed by atoms with Crippen LogP contribution in [0.2, 0.25) is 0 Å². The van der Waals surface area contributed by atoms with Gasteiger partial charge < -0.3 is 24.6 Å². The molecule has 1 aromatic heterocycles. The summed E-state index contributed by atoms with van der Waals surface area (Å²) in [7, 11) is 3.41. The number of hydrogen-bond donors (Lipinski definition) is 2. The van der Waals surface area contributed by atoms with Crippen molar-refractivity contribution in [2.75, 3.05) is 27.3 Å². The minimum atomic E-state index is 0.614. The number of hydrogen-bond acceptors (Lipinski definition) is 5. The molecule has 0 spiro atoms. The third-order valence-electron chi connectivity index (χ3n) is 4.19. The Morgan fingerprint density at radius 3 is 2.70 bits per heavy atom. The van der Waals surface area contributed by atoms with Crippen molar-refractivity contribution >= 4 is 5.96 Å². The normalized spacial score (nSPS) is 11.3. The van der Waals surface area contributed by atoms with E-state index in [2.05, 4.69) is 34.6 Å². The van der Waals surface area contributed by atoms with Gasteiger partial charge >= 0.3 is 0 Å². The molecule has 7 nitrogen and oxygen atoms in total. The van der Waals surface area contributed by atoms with Gasteiger partial charge in [0.2, 0.25) is 0 Å². The smallest absolute Gasteiger partial charge is 0.191 e. The number of rotatable bonds is 10. The lowest BCUT2D eigenvalue weighted by Gasteiger charge is -2.12. The summed E-state index contributed by atoms with van der Waals surface area (Å²) in [5.41, 5.74) is 2.13. The number of guanidine groups is 1. The molecule has 0 saturated heterocycles. The van der Waals surface area contributed by atoms with Crippen molar-refractivity contribution in [1.29, 1.82) is 0 Å². The Morgan fingerprint density at radius 1 is 1.19 bits per heavy atom. The second-order valence-corrected chi connectivity index (χ2v) is 5.97. The fraction of sp³-hybridized carbons (Fsp3) is 0.500. The minimum Gasteiger partial charge on any atom is -0.497 e. The molecule has 0 amide bonds. The third kappa shape index (κ3) is 6.20. The first-order chi connectivity index (χ1) is 13.2. The summed E-state index contributed by atoms with van der Waals surface area (Å²) in [6.07, 6.45) is 2.54.